The van der Waals surface area contributed by atoms with Crippen LogP contribution in [0.3, 0.4) is 0 Å². The van der Waals surface area contributed by atoms with Gasteiger partial charge in [0.25, 0.3) is 0 Å². The van der Waals surface area contributed by atoms with Crippen molar-refractivity contribution in [2.75, 3.05) is 4.90 Å². The highest BCUT2D eigenvalue weighted by Gasteiger charge is 2.29. The number of aromatic nitrogens is 7. The van der Waals surface area contributed by atoms with E-state index in [9.17, 15) is 0 Å². The second kappa shape index (κ2) is 19.3. The number of para-hydroxylation sites is 1. The zero-order chi connectivity index (χ0) is 54.1. The standard InChI is InChI=1S/C73H46N8O/c1-2-11-54(12-3-1)80-55-22-17-50(57-13-4-6-15-59(57)67-44-75-30-33-78-67)36-53(37-55)61-38-47(18-24-69(61)80)49-21-27-72-64(40-49)65-42-56(23-28-73(65)82-72)81-70-25-19-48(46-9-8-10-52(35-46)66-43-74-29-32-77-66)39-62(70)63-41-51(20-26-71(63)81)58-14-5-7-16-60(58)68-45-76-31-34-79-68/h1-45,55H. The van der Waals surface area contributed by atoms with Gasteiger partial charge < -0.3 is 13.9 Å². The van der Waals surface area contributed by atoms with E-state index < -0.39 is 0 Å². The van der Waals surface area contributed by atoms with Crippen LogP contribution in [0.1, 0.15) is 11.1 Å². The average molecular weight is 1050 g/mol. The van der Waals surface area contributed by atoms with Crippen LogP contribution in [0.15, 0.2) is 279 Å². The zero-order valence-corrected chi connectivity index (χ0v) is 44.0. The second-order valence-corrected chi connectivity index (χ2v) is 20.7. The fourth-order valence-electron chi connectivity index (χ4n) is 12.3. The molecule has 1 unspecified atom stereocenters. The first-order chi connectivity index (χ1) is 40.6. The lowest BCUT2D eigenvalue weighted by atomic mass is 9.90. The third-order valence-electron chi connectivity index (χ3n) is 16.1. The molecule has 82 heavy (non-hydrogen) atoms. The molecule has 1 atom stereocenters. The van der Waals surface area contributed by atoms with Crippen LogP contribution in [-0.4, -0.2) is 40.5 Å². The van der Waals surface area contributed by atoms with Gasteiger partial charge in [0.05, 0.1) is 52.7 Å². The summed E-state index contributed by atoms with van der Waals surface area (Å²) in [4.78, 5) is 29.6. The topological polar surface area (TPSA) is 98.6 Å². The van der Waals surface area contributed by atoms with Gasteiger partial charge in [-0.2, -0.15) is 0 Å². The maximum Gasteiger partial charge on any atom is 0.135 e. The molecule has 1 aliphatic heterocycles. The highest BCUT2D eigenvalue weighted by Crippen LogP contribution is 2.46. The number of hydrogen-bond acceptors (Lipinski definition) is 8. The Bertz CT molecular complexity index is 4930. The molecule has 14 aromatic rings. The third-order valence-corrected chi connectivity index (χ3v) is 16.1. The molecule has 384 valence electrons. The van der Waals surface area contributed by atoms with Gasteiger partial charge >= 0.3 is 0 Å². The Labute approximate surface area is 471 Å². The van der Waals surface area contributed by atoms with Crippen LogP contribution < -0.4 is 4.90 Å². The summed E-state index contributed by atoms with van der Waals surface area (Å²) in [5.74, 6) is 0. The van der Waals surface area contributed by atoms with Crippen LogP contribution in [0.2, 0.25) is 0 Å². The molecular weight excluding hydrogens is 1000 g/mol. The van der Waals surface area contributed by atoms with Crippen LogP contribution in [0.5, 0.6) is 0 Å². The summed E-state index contributed by atoms with van der Waals surface area (Å²) in [7, 11) is 0. The first-order valence-electron chi connectivity index (χ1n) is 27.4. The number of furan rings is 1. The molecule has 9 aromatic carbocycles. The monoisotopic (exact) mass is 1050 g/mol. The minimum absolute atomic E-state index is 0.00550. The maximum atomic E-state index is 6.66. The normalized spacial score (nSPS) is 13.8. The van der Waals surface area contributed by atoms with Gasteiger partial charge in [-0.25, -0.2) is 0 Å². The first-order valence-corrected chi connectivity index (χ1v) is 27.4. The van der Waals surface area contributed by atoms with Crippen molar-refractivity contribution in [3.63, 3.8) is 0 Å². The zero-order valence-electron chi connectivity index (χ0n) is 44.0. The summed E-state index contributed by atoms with van der Waals surface area (Å²) in [5, 5.41) is 4.36. The SMILES string of the molecule is C1=CC2C=C(C=C1c1ccccc1-c1cnccn1)c1cc(-c3ccc4oc5ccc(-n6c7ccc(-c8cccc(-c9cnccn9)c8)cc7c7cc(-c8ccccc8-c8cnccn8)ccc76)cc5c4c3)ccc1N2c1ccccc1. The number of benzene rings is 9. The highest BCUT2D eigenvalue weighted by molar-refractivity contribution is 6.13. The number of nitrogens with zero attached hydrogens (tertiary/aromatic N) is 8. The van der Waals surface area contributed by atoms with Crippen molar-refractivity contribution >= 4 is 66.3 Å². The van der Waals surface area contributed by atoms with Crippen molar-refractivity contribution in [1.29, 1.82) is 0 Å². The molecule has 0 amide bonds. The van der Waals surface area contributed by atoms with Crippen molar-refractivity contribution < 1.29 is 4.42 Å². The summed E-state index contributed by atoms with van der Waals surface area (Å²) < 4.78 is 9.05. The van der Waals surface area contributed by atoms with Gasteiger partial charge in [0.1, 0.15) is 11.2 Å². The van der Waals surface area contributed by atoms with Gasteiger partial charge in [-0.15, -0.1) is 0 Å². The summed E-state index contributed by atoms with van der Waals surface area (Å²) in [6.07, 6.45) is 25.1. The van der Waals surface area contributed by atoms with Crippen LogP contribution in [0.25, 0.3) is 128 Å². The van der Waals surface area contributed by atoms with Gasteiger partial charge in [-0.3, -0.25) is 29.9 Å². The van der Waals surface area contributed by atoms with Crippen molar-refractivity contribution in [1.82, 2.24) is 34.5 Å². The van der Waals surface area contributed by atoms with Crippen LogP contribution in [0, 0.1) is 0 Å². The van der Waals surface area contributed by atoms with Crippen LogP contribution in [0.4, 0.5) is 11.4 Å². The Kier molecular flexibility index (Phi) is 11.1. The molecule has 0 radical (unpaired) electrons. The molecule has 16 rings (SSSR count). The van der Waals surface area contributed by atoms with E-state index in [4.69, 9.17) is 14.4 Å². The smallest absolute Gasteiger partial charge is 0.135 e. The minimum Gasteiger partial charge on any atom is -0.456 e. The predicted molar refractivity (Wildman–Crippen MR) is 331 cm³/mol. The van der Waals surface area contributed by atoms with Gasteiger partial charge in [0.15, 0.2) is 0 Å². The molecule has 0 spiro atoms. The van der Waals surface area contributed by atoms with Crippen molar-refractivity contribution in [2.24, 2.45) is 0 Å². The van der Waals surface area contributed by atoms with E-state index in [0.29, 0.717) is 0 Å². The molecule has 9 nitrogen and oxygen atoms in total. The van der Waals surface area contributed by atoms with E-state index in [1.807, 2.05) is 18.6 Å². The Hall–Kier alpha value is -11.2. The maximum absolute atomic E-state index is 6.66. The van der Waals surface area contributed by atoms with Crippen molar-refractivity contribution in [3.8, 4) is 72.8 Å². The molecule has 2 aliphatic rings. The molecule has 1 aliphatic carbocycles. The number of anilines is 2. The van der Waals surface area contributed by atoms with Gasteiger partial charge in [0.2, 0.25) is 0 Å². The first kappa shape index (κ1) is 46.9. The molecular formula is C73H46N8O. The molecule has 6 heterocycles. The van der Waals surface area contributed by atoms with Gasteiger partial charge in [0, 0.05) is 98.0 Å². The molecule has 0 fully saturated rings. The van der Waals surface area contributed by atoms with E-state index in [2.05, 4.69) is 248 Å². The summed E-state index contributed by atoms with van der Waals surface area (Å²) in [6.45, 7) is 0. The molecule has 2 bridgehead atoms. The minimum atomic E-state index is -0.00550. The summed E-state index contributed by atoms with van der Waals surface area (Å²) in [6, 6.07) is 69.8. The van der Waals surface area contributed by atoms with E-state index in [-0.39, 0.29) is 6.04 Å². The van der Waals surface area contributed by atoms with Crippen LogP contribution >= 0.6 is 0 Å². The molecule has 5 aromatic heterocycles. The van der Waals surface area contributed by atoms with Crippen molar-refractivity contribution in [3.05, 3.63) is 285 Å². The third kappa shape index (κ3) is 8.01. The molecule has 0 N–H and O–H groups in total. The lowest BCUT2D eigenvalue weighted by Gasteiger charge is -2.36. The molecule has 0 saturated heterocycles. The number of hydrogen-bond donors (Lipinski definition) is 0. The largest absolute Gasteiger partial charge is 0.456 e. The van der Waals surface area contributed by atoms with Crippen LogP contribution in [-0.2, 0) is 0 Å². The van der Waals surface area contributed by atoms with Gasteiger partial charge in [-0.1, -0.05) is 121 Å². The number of allylic oxidation sites excluding steroid dienone is 4. The summed E-state index contributed by atoms with van der Waals surface area (Å²) in [5.41, 5.74) is 23.9. The quantitative estimate of drug-likeness (QED) is 0.141. The average Bonchev–Trinajstić information content (AvgIpc) is 4.23. The fraction of sp³-hybridized carbons (Fsp3) is 0.0137. The van der Waals surface area contributed by atoms with E-state index in [1.54, 1.807) is 37.2 Å². The molecule has 9 heteroatoms. The highest BCUT2D eigenvalue weighted by atomic mass is 16.3. The molecule has 0 saturated carbocycles. The Morgan fingerprint density at radius 3 is 1.65 bits per heavy atom. The second-order valence-electron chi connectivity index (χ2n) is 20.7. The Morgan fingerprint density at radius 1 is 0.366 bits per heavy atom. The van der Waals surface area contributed by atoms with E-state index in [1.165, 1.54) is 0 Å². The lowest BCUT2D eigenvalue weighted by Crippen LogP contribution is -2.31. The Balaban J connectivity index is 0.829. The van der Waals surface area contributed by atoms with E-state index in [0.717, 1.165) is 150 Å². The van der Waals surface area contributed by atoms with Crippen molar-refractivity contribution in [2.45, 2.75) is 6.04 Å². The number of rotatable bonds is 9. The fourth-order valence-corrected chi connectivity index (χ4v) is 12.3. The van der Waals surface area contributed by atoms with Gasteiger partial charge in [-0.05, 0) is 147 Å². The summed E-state index contributed by atoms with van der Waals surface area (Å²) >= 11 is 0. The number of fused-ring (bicyclic) bond motifs is 9. The predicted octanol–water partition coefficient (Wildman–Crippen LogP) is 17.6. The van der Waals surface area contributed by atoms with E-state index >= 15 is 0 Å². The Morgan fingerprint density at radius 2 is 0.927 bits per heavy atom. The lowest BCUT2D eigenvalue weighted by molar-refractivity contribution is 0.669.